The number of alkyl carbamates (subject to hydrolysis) is 1. The van der Waals surface area contributed by atoms with E-state index in [2.05, 4.69) is 5.32 Å². The normalized spacial score (nSPS) is 19.7. The molecule has 1 aromatic carbocycles. The van der Waals surface area contributed by atoms with Crippen LogP contribution >= 0.6 is 0 Å². The van der Waals surface area contributed by atoms with E-state index in [1.165, 1.54) is 0 Å². The second-order valence-corrected chi connectivity index (χ2v) is 5.36. The lowest BCUT2D eigenvalue weighted by atomic mass is 9.98. The lowest BCUT2D eigenvalue weighted by molar-refractivity contribution is -0.253. The highest BCUT2D eigenvalue weighted by molar-refractivity contribution is 5.67. The number of carbonyl (C=O) groups is 1. The van der Waals surface area contributed by atoms with Crippen LogP contribution in [0.4, 0.5) is 18.0 Å². The van der Waals surface area contributed by atoms with Crippen LogP contribution in [0.25, 0.3) is 0 Å². The van der Waals surface area contributed by atoms with Gasteiger partial charge in [-0.25, -0.2) is 9.69 Å². The van der Waals surface area contributed by atoms with Crippen molar-refractivity contribution in [3.8, 4) is 0 Å². The van der Waals surface area contributed by atoms with Gasteiger partial charge >= 0.3 is 12.4 Å². The molecule has 22 heavy (non-hydrogen) atoms. The summed E-state index contributed by atoms with van der Waals surface area (Å²) in [7, 11) is 0. The number of rotatable bonds is 4. The first kappa shape index (κ1) is 16.6. The highest BCUT2D eigenvalue weighted by Crippen LogP contribution is 2.27. The van der Waals surface area contributed by atoms with Gasteiger partial charge in [-0.3, -0.25) is 0 Å². The number of carbonyl (C=O) groups excluding carboxylic acids is 1. The molecule has 7 heteroatoms. The topological polar surface area (TPSA) is 41.6 Å². The van der Waals surface area contributed by atoms with Crippen molar-refractivity contribution in [3.63, 3.8) is 0 Å². The van der Waals surface area contributed by atoms with Gasteiger partial charge < -0.3 is 10.1 Å². The molecule has 0 bridgehead atoms. The molecule has 0 aliphatic carbocycles. The summed E-state index contributed by atoms with van der Waals surface area (Å²) >= 11 is 0. The van der Waals surface area contributed by atoms with Crippen molar-refractivity contribution >= 4 is 6.09 Å². The molecule has 0 unspecified atom stereocenters. The van der Waals surface area contributed by atoms with Gasteiger partial charge in [0.25, 0.3) is 0 Å². The summed E-state index contributed by atoms with van der Waals surface area (Å²) < 4.78 is 42.9. The minimum Gasteiger partial charge on any atom is -0.445 e. The third-order valence-corrected chi connectivity index (χ3v) is 3.63. The summed E-state index contributed by atoms with van der Waals surface area (Å²) in [5.74, 6) is -0.209. The van der Waals surface area contributed by atoms with Crippen LogP contribution in [-0.2, 0) is 11.3 Å². The Bertz CT molecular complexity index is 479. The van der Waals surface area contributed by atoms with Gasteiger partial charge in [-0.15, -0.1) is 0 Å². The van der Waals surface area contributed by atoms with E-state index < -0.39 is 12.4 Å². The molecule has 1 N–H and O–H groups in total. The van der Waals surface area contributed by atoms with E-state index in [0.29, 0.717) is 17.7 Å². The van der Waals surface area contributed by atoms with Gasteiger partial charge in [0, 0.05) is 19.6 Å². The first-order valence-corrected chi connectivity index (χ1v) is 7.21. The van der Waals surface area contributed by atoms with Crippen LogP contribution in [0.5, 0.6) is 0 Å². The van der Waals surface area contributed by atoms with Crippen molar-refractivity contribution in [1.82, 2.24) is 10.2 Å². The summed E-state index contributed by atoms with van der Waals surface area (Å²) in [6.45, 7) is 0.285. The quantitative estimate of drug-likeness (QED) is 0.868. The monoisotopic (exact) mass is 316 g/mol. The molecular weight excluding hydrogens is 297 g/mol. The average molecular weight is 316 g/mol. The number of benzene rings is 1. The minimum absolute atomic E-state index is 0.0262. The van der Waals surface area contributed by atoms with Crippen molar-refractivity contribution in [3.05, 3.63) is 35.9 Å². The number of amides is 1. The van der Waals surface area contributed by atoms with Crippen LogP contribution in [-0.4, -0.2) is 36.9 Å². The molecule has 0 radical (unpaired) electrons. The number of nitrogens with zero attached hydrogens (tertiary/aromatic N) is 1. The van der Waals surface area contributed by atoms with Crippen molar-refractivity contribution in [1.29, 1.82) is 0 Å². The Hall–Kier alpha value is -1.76. The maximum absolute atomic E-state index is 12.6. The van der Waals surface area contributed by atoms with E-state index >= 15 is 0 Å². The molecule has 1 aliphatic heterocycles. The number of nitrogens with one attached hydrogen (secondary N) is 1. The summed E-state index contributed by atoms with van der Waals surface area (Å²) in [5, 5.41) is 2.54. The van der Waals surface area contributed by atoms with Crippen LogP contribution in [0.3, 0.4) is 0 Å². The molecule has 1 aromatic rings. The molecule has 4 nitrogen and oxygen atoms in total. The molecule has 0 spiro atoms. The van der Waals surface area contributed by atoms with Crippen LogP contribution in [0.2, 0.25) is 0 Å². The molecule has 1 amide bonds. The van der Waals surface area contributed by atoms with Crippen molar-refractivity contribution in [2.24, 2.45) is 5.92 Å². The lowest BCUT2D eigenvalue weighted by Crippen LogP contribution is -2.47. The van der Waals surface area contributed by atoms with E-state index in [1.54, 1.807) is 0 Å². The average Bonchev–Trinajstić information content (AvgIpc) is 2.51. The predicted molar refractivity (Wildman–Crippen MR) is 75.0 cm³/mol. The van der Waals surface area contributed by atoms with Gasteiger partial charge in [0.15, 0.2) is 0 Å². The third kappa shape index (κ3) is 5.22. The summed E-state index contributed by atoms with van der Waals surface area (Å²) in [6, 6.07) is 9.19. The molecular formula is C15H19F3N2O2. The fraction of sp³-hybridized carbons (Fsp3) is 0.533. The van der Waals surface area contributed by atoms with E-state index in [1.807, 2.05) is 30.3 Å². The van der Waals surface area contributed by atoms with Crippen LogP contribution in [0.1, 0.15) is 18.4 Å². The molecule has 1 fully saturated rings. The van der Waals surface area contributed by atoms with Gasteiger partial charge in [-0.2, -0.15) is 13.2 Å². The maximum Gasteiger partial charge on any atom is 0.459 e. The number of likely N-dealkylation sites (tertiary alicyclic amines) is 1. The highest BCUT2D eigenvalue weighted by Gasteiger charge is 2.39. The van der Waals surface area contributed by atoms with Crippen molar-refractivity contribution in [2.45, 2.75) is 25.7 Å². The number of piperidine rings is 1. The molecule has 2 rings (SSSR count). The summed E-state index contributed by atoms with van der Waals surface area (Å²) in [6.07, 6.45) is -3.75. The van der Waals surface area contributed by atoms with Gasteiger partial charge in [0.05, 0.1) is 0 Å². The predicted octanol–water partition coefficient (Wildman–Crippen LogP) is 3.14. The fourth-order valence-corrected chi connectivity index (χ4v) is 2.46. The minimum atomic E-state index is -4.30. The Kier molecular flexibility index (Phi) is 5.65. The van der Waals surface area contributed by atoms with Gasteiger partial charge in [-0.05, 0) is 24.3 Å². The zero-order chi connectivity index (χ0) is 16.0. The number of hydrogen-bond acceptors (Lipinski definition) is 3. The second kappa shape index (κ2) is 7.49. The van der Waals surface area contributed by atoms with Crippen LogP contribution in [0.15, 0.2) is 30.3 Å². The summed E-state index contributed by atoms with van der Waals surface area (Å²) in [5.41, 5.74) is 0.860. The van der Waals surface area contributed by atoms with Gasteiger partial charge in [0.1, 0.15) is 6.61 Å². The zero-order valence-corrected chi connectivity index (χ0v) is 12.1. The number of halogens is 3. The SMILES string of the molecule is O=C(NC[C@H]1CCCN(C(F)(F)F)C1)OCc1ccccc1. The Labute approximate surface area is 127 Å². The Balaban J connectivity index is 1.70. The Morgan fingerprint density at radius 1 is 1.32 bits per heavy atom. The number of ether oxygens (including phenoxy) is 1. The van der Waals surface area contributed by atoms with Crippen LogP contribution in [0, 0.1) is 5.92 Å². The van der Waals surface area contributed by atoms with E-state index in [0.717, 1.165) is 5.56 Å². The molecule has 122 valence electrons. The highest BCUT2D eigenvalue weighted by atomic mass is 19.4. The maximum atomic E-state index is 12.6. The smallest absolute Gasteiger partial charge is 0.445 e. The first-order valence-electron chi connectivity index (χ1n) is 7.21. The van der Waals surface area contributed by atoms with Gasteiger partial charge in [0.2, 0.25) is 0 Å². The molecule has 0 aromatic heterocycles. The Morgan fingerprint density at radius 2 is 2.05 bits per heavy atom. The standard InChI is InChI=1S/C15H19F3N2O2/c16-15(17,18)20-8-4-7-13(10-20)9-19-14(21)22-11-12-5-2-1-3-6-12/h1-3,5-6,13H,4,7-11H2,(H,19,21)/t13-/m1/s1. The van der Waals surface area contributed by atoms with E-state index in [-0.39, 0.29) is 32.2 Å². The van der Waals surface area contributed by atoms with Crippen molar-refractivity contribution < 1.29 is 22.7 Å². The largest absolute Gasteiger partial charge is 0.459 e. The second-order valence-electron chi connectivity index (χ2n) is 5.36. The van der Waals surface area contributed by atoms with Crippen LogP contribution < -0.4 is 5.32 Å². The van der Waals surface area contributed by atoms with E-state index in [9.17, 15) is 18.0 Å². The molecule has 1 aliphatic rings. The third-order valence-electron chi connectivity index (χ3n) is 3.63. The summed E-state index contributed by atoms with van der Waals surface area (Å²) in [4.78, 5) is 12.1. The molecule has 1 heterocycles. The lowest BCUT2D eigenvalue weighted by Gasteiger charge is -2.33. The fourth-order valence-electron chi connectivity index (χ4n) is 2.46. The first-order chi connectivity index (χ1) is 10.4. The van der Waals surface area contributed by atoms with E-state index in [4.69, 9.17) is 4.74 Å². The zero-order valence-electron chi connectivity index (χ0n) is 12.1. The number of hydrogen-bond donors (Lipinski definition) is 1. The Morgan fingerprint density at radius 3 is 2.73 bits per heavy atom. The molecule has 1 atom stereocenters. The van der Waals surface area contributed by atoms with Crippen molar-refractivity contribution in [2.75, 3.05) is 19.6 Å². The molecule has 0 saturated carbocycles. The molecule has 1 saturated heterocycles. The number of alkyl halides is 3. The van der Waals surface area contributed by atoms with Gasteiger partial charge in [-0.1, -0.05) is 30.3 Å².